The van der Waals surface area contributed by atoms with E-state index >= 15 is 0 Å². The van der Waals surface area contributed by atoms with Gasteiger partial charge in [0.15, 0.2) is 0 Å². The Morgan fingerprint density at radius 2 is 1.78 bits per heavy atom. The molecule has 0 aliphatic carbocycles. The van der Waals surface area contributed by atoms with Crippen molar-refractivity contribution in [1.29, 1.82) is 5.26 Å². The van der Waals surface area contributed by atoms with Gasteiger partial charge >= 0.3 is 0 Å². The molecule has 0 heterocycles. The van der Waals surface area contributed by atoms with Gasteiger partial charge in [0.05, 0.1) is 23.8 Å². The highest BCUT2D eigenvalue weighted by Gasteiger charge is 2.16. The zero-order chi connectivity index (χ0) is 13.8. The standard InChI is InChI=1S/C15H21NO2/c1-11-8-13(10-16)9-12(2)14(11)18-7-6-15(3,4)17-5/h8-9H,6-7H2,1-5H3. The number of hydrogen-bond acceptors (Lipinski definition) is 3. The maximum atomic E-state index is 8.88. The number of methoxy groups -OCH3 is 1. The number of hydrogen-bond donors (Lipinski definition) is 0. The summed E-state index contributed by atoms with van der Waals surface area (Å²) >= 11 is 0. The molecule has 0 fully saturated rings. The second kappa shape index (κ2) is 5.88. The Hall–Kier alpha value is -1.53. The molecule has 0 aliphatic heterocycles. The third kappa shape index (κ3) is 3.75. The van der Waals surface area contributed by atoms with Crippen LogP contribution in [-0.2, 0) is 4.74 Å². The van der Waals surface area contributed by atoms with E-state index in [1.54, 1.807) is 7.11 Å². The maximum Gasteiger partial charge on any atom is 0.125 e. The number of ether oxygens (including phenoxy) is 2. The number of rotatable bonds is 5. The summed E-state index contributed by atoms with van der Waals surface area (Å²) in [5.41, 5.74) is 2.51. The first-order chi connectivity index (χ1) is 8.39. The predicted molar refractivity (Wildman–Crippen MR) is 71.8 cm³/mol. The van der Waals surface area contributed by atoms with E-state index in [-0.39, 0.29) is 5.60 Å². The largest absolute Gasteiger partial charge is 0.493 e. The van der Waals surface area contributed by atoms with Gasteiger partial charge in [0.2, 0.25) is 0 Å². The highest BCUT2D eigenvalue weighted by atomic mass is 16.5. The molecule has 0 radical (unpaired) electrons. The van der Waals surface area contributed by atoms with Gasteiger partial charge in [0, 0.05) is 13.5 Å². The van der Waals surface area contributed by atoms with E-state index in [0.29, 0.717) is 12.2 Å². The van der Waals surface area contributed by atoms with Crippen LogP contribution in [0.1, 0.15) is 37.0 Å². The average molecular weight is 247 g/mol. The molecular weight excluding hydrogens is 226 g/mol. The minimum atomic E-state index is -0.172. The quantitative estimate of drug-likeness (QED) is 0.801. The van der Waals surface area contributed by atoms with E-state index in [9.17, 15) is 0 Å². The maximum absolute atomic E-state index is 8.88. The predicted octanol–water partition coefficient (Wildman–Crippen LogP) is 3.37. The molecule has 0 atom stereocenters. The molecule has 3 heteroatoms. The molecule has 1 aromatic carbocycles. The van der Waals surface area contributed by atoms with Gasteiger partial charge < -0.3 is 9.47 Å². The first-order valence-electron chi connectivity index (χ1n) is 6.09. The molecule has 1 aromatic rings. The topological polar surface area (TPSA) is 42.2 Å². The van der Waals surface area contributed by atoms with Crippen molar-refractivity contribution in [3.8, 4) is 11.8 Å². The number of nitrogens with zero attached hydrogens (tertiary/aromatic N) is 1. The summed E-state index contributed by atoms with van der Waals surface area (Å²) in [5, 5.41) is 8.88. The smallest absolute Gasteiger partial charge is 0.125 e. The molecule has 3 nitrogen and oxygen atoms in total. The normalized spacial score (nSPS) is 11.1. The average Bonchev–Trinajstić information content (AvgIpc) is 2.32. The molecule has 1 rings (SSSR count). The van der Waals surface area contributed by atoms with Crippen molar-refractivity contribution in [2.24, 2.45) is 0 Å². The van der Waals surface area contributed by atoms with Gasteiger partial charge in [-0.3, -0.25) is 0 Å². The van der Waals surface area contributed by atoms with Crippen LogP contribution in [0.15, 0.2) is 12.1 Å². The first-order valence-corrected chi connectivity index (χ1v) is 6.09. The van der Waals surface area contributed by atoms with Crippen molar-refractivity contribution in [1.82, 2.24) is 0 Å². The Labute approximate surface area is 109 Å². The third-order valence-corrected chi connectivity index (χ3v) is 3.09. The van der Waals surface area contributed by atoms with Crippen molar-refractivity contribution < 1.29 is 9.47 Å². The second-order valence-corrected chi connectivity index (χ2v) is 5.11. The summed E-state index contributed by atoms with van der Waals surface area (Å²) in [4.78, 5) is 0. The number of benzene rings is 1. The molecule has 0 spiro atoms. The lowest BCUT2D eigenvalue weighted by Crippen LogP contribution is -2.25. The first kappa shape index (κ1) is 14.5. The van der Waals surface area contributed by atoms with E-state index in [4.69, 9.17) is 14.7 Å². The molecule has 0 N–H and O–H groups in total. The highest BCUT2D eigenvalue weighted by molar-refractivity contribution is 5.47. The van der Waals surface area contributed by atoms with Crippen LogP contribution in [0, 0.1) is 25.2 Å². The Morgan fingerprint density at radius 1 is 1.22 bits per heavy atom. The van der Waals surface area contributed by atoms with Crippen LogP contribution >= 0.6 is 0 Å². The molecule has 0 aliphatic rings. The monoisotopic (exact) mass is 247 g/mol. The van der Waals surface area contributed by atoms with Gasteiger partial charge in [-0.2, -0.15) is 5.26 Å². The molecule has 0 aromatic heterocycles. The number of aryl methyl sites for hydroxylation is 2. The van der Waals surface area contributed by atoms with Crippen LogP contribution < -0.4 is 4.74 Å². The van der Waals surface area contributed by atoms with E-state index in [1.807, 2.05) is 39.8 Å². The SMILES string of the molecule is COC(C)(C)CCOc1c(C)cc(C#N)cc1C. The van der Waals surface area contributed by atoms with Gasteiger partial charge in [-0.15, -0.1) is 0 Å². The molecule has 0 bridgehead atoms. The summed E-state index contributed by atoms with van der Waals surface area (Å²) in [5.74, 6) is 0.876. The lowest BCUT2D eigenvalue weighted by Gasteiger charge is -2.23. The molecule has 0 saturated heterocycles. The zero-order valence-corrected chi connectivity index (χ0v) is 11.8. The van der Waals surface area contributed by atoms with Crippen LogP contribution in [0.25, 0.3) is 0 Å². The molecule has 18 heavy (non-hydrogen) atoms. The van der Waals surface area contributed by atoms with Crippen LogP contribution in [0.2, 0.25) is 0 Å². The van der Waals surface area contributed by atoms with Crippen molar-refractivity contribution in [2.45, 2.75) is 39.7 Å². The van der Waals surface area contributed by atoms with E-state index in [2.05, 4.69) is 6.07 Å². The van der Waals surface area contributed by atoms with E-state index in [1.165, 1.54) is 0 Å². The van der Waals surface area contributed by atoms with Crippen LogP contribution in [0.3, 0.4) is 0 Å². The second-order valence-electron chi connectivity index (χ2n) is 5.11. The molecule has 0 amide bonds. The fourth-order valence-electron chi connectivity index (χ4n) is 1.74. The van der Waals surface area contributed by atoms with Crippen LogP contribution in [-0.4, -0.2) is 19.3 Å². The zero-order valence-electron chi connectivity index (χ0n) is 11.8. The van der Waals surface area contributed by atoms with Gasteiger partial charge in [-0.05, 0) is 51.0 Å². The van der Waals surface area contributed by atoms with Crippen molar-refractivity contribution >= 4 is 0 Å². The Balaban J connectivity index is 2.72. The number of nitriles is 1. The minimum Gasteiger partial charge on any atom is -0.493 e. The lowest BCUT2D eigenvalue weighted by molar-refractivity contribution is 0.00534. The van der Waals surface area contributed by atoms with E-state index < -0.39 is 0 Å². The van der Waals surface area contributed by atoms with Crippen molar-refractivity contribution in [3.05, 3.63) is 28.8 Å². The molecule has 0 saturated carbocycles. The lowest BCUT2D eigenvalue weighted by atomic mass is 10.1. The molecule has 0 unspecified atom stereocenters. The Bertz CT molecular complexity index is 435. The highest BCUT2D eigenvalue weighted by Crippen LogP contribution is 2.25. The van der Waals surface area contributed by atoms with Crippen molar-refractivity contribution in [3.63, 3.8) is 0 Å². The fraction of sp³-hybridized carbons (Fsp3) is 0.533. The third-order valence-electron chi connectivity index (χ3n) is 3.09. The van der Waals surface area contributed by atoms with Gasteiger partial charge in [-0.25, -0.2) is 0 Å². The fourth-order valence-corrected chi connectivity index (χ4v) is 1.74. The summed E-state index contributed by atoms with van der Waals surface area (Å²) in [6, 6.07) is 5.85. The summed E-state index contributed by atoms with van der Waals surface area (Å²) in [6.07, 6.45) is 0.822. The van der Waals surface area contributed by atoms with E-state index in [0.717, 1.165) is 23.3 Å². The van der Waals surface area contributed by atoms with Crippen LogP contribution in [0.4, 0.5) is 0 Å². The minimum absolute atomic E-state index is 0.172. The molecular formula is C15H21NO2. The Kier molecular flexibility index (Phi) is 4.75. The van der Waals surface area contributed by atoms with Crippen molar-refractivity contribution in [2.75, 3.05) is 13.7 Å². The summed E-state index contributed by atoms with van der Waals surface area (Å²) in [6.45, 7) is 8.60. The van der Waals surface area contributed by atoms with Gasteiger partial charge in [0.25, 0.3) is 0 Å². The summed E-state index contributed by atoms with van der Waals surface area (Å²) < 4.78 is 11.2. The Morgan fingerprint density at radius 3 is 2.22 bits per heavy atom. The molecule has 98 valence electrons. The van der Waals surface area contributed by atoms with Gasteiger partial charge in [-0.1, -0.05) is 0 Å². The van der Waals surface area contributed by atoms with Gasteiger partial charge in [0.1, 0.15) is 5.75 Å². The summed E-state index contributed by atoms with van der Waals surface area (Å²) in [7, 11) is 1.71. The van der Waals surface area contributed by atoms with Crippen LogP contribution in [0.5, 0.6) is 5.75 Å².